The molecule has 1 aromatic rings. The topological polar surface area (TPSA) is 142 Å². The molecule has 5 atom stereocenters. The Bertz CT molecular complexity index is 1380. The van der Waals surface area contributed by atoms with Gasteiger partial charge in [0.15, 0.2) is 5.78 Å². The highest BCUT2D eigenvalue weighted by Crippen LogP contribution is 2.57. The molecule has 1 aromatic carbocycles. The summed E-state index contributed by atoms with van der Waals surface area (Å²) in [5.41, 5.74) is -0.983. The van der Waals surface area contributed by atoms with Crippen molar-refractivity contribution in [1.82, 2.24) is 14.9 Å². The fourth-order valence-electron chi connectivity index (χ4n) is 6.39. The largest absolute Gasteiger partial charge is 0.344 e. The number of fused-ring (bicyclic) bond motifs is 2. The molecule has 0 radical (unpaired) electrons. The smallest absolute Gasteiger partial charge is 0.323 e. The lowest BCUT2D eigenvalue weighted by molar-refractivity contribution is -0.142. The lowest BCUT2D eigenvalue weighted by Gasteiger charge is -2.29. The first-order chi connectivity index (χ1) is 20.5. The Hall–Kier alpha value is -2.92. The molecule has 4 aliphatic rings. The number of nitrogens with one attached hydrogen (secondary N) is 3. The third-order valence-electron chi connectivity index (χ3n) is 9.31. The molecule has 234 valence electrons. The molecule has 0 spiro atoms. The zero-order valence-corrected chi connectivity index (χ0v) is 26.1. The lowest BCUT2D eigenvalue weighted by Crippen LogP contribution is -2.52. The molecule has 43 heavy (non-hydrogen) atoms. The van der Waals surface area contributed by atoms with Crippen molar-refractivity contribution in [2.45, 2.75) is 89.6 Å². The summed E-state index contributed by atoms with van der Waals surface area (Å²) >= 11 is 5.89. The quantitative estimate of drug-likeness (QED) is 0.386. The summed E-state index contributed by atoms with van der Waals surface area (Å²) in [6.45, 7) is 2.44. The van der Waals surface area contributed by atoms with Gasteiger partial charge in [0.05, 0.1) is 17.1 Å². The molecule has 2 aliphatic heterocycles. The molecule has 2 heterocycles. The van der Waals surface area contributed by atoms with E-state index in [1.165, 1.54) is 24.3 Å². The van der Waals surface area contributed by atoms with E-state index in [1.807, 2.05) is 19.1 Å². The van der Waals surface area contributed by atoms with E-state index in [9.17, 15) is 27.6 Å². The monoisotopic (exact) mass is 632 g/mol. The average molecular weight is 633 g/mol. The summed E-state index contributed by atoms with van der Waals surface area (Å²) in [6, 6.07) is 4.62. The Balaban J connectivity index is 1.37. The number of ketones is 1. The fraction of sp³-hybridized carbons (Fsp3) is 0.613. The predicted octanol–water partition coefficient (Wildman–Crippen LogP) is 4.12. The Kier molecular flexibility index (Phi) is 9.51. The summed E-state index contributed by atoms with van der Waals surface area (Å²) in [6.07, 6.45) is 10.8. The second kappa shape index (κ2) is 13.0. The van der Waals surface area contributed by atoms with Crippen molar-refractivity contribution >= 4 is 51.0 Å². The molecule has 10 nitrogen and oxygen atoms in total. The van der Waals surface area contributed by atoms with Crippen LogP contribution in [0.25, 0.3) is 0 Å². The van der Waals surface area contributed by atoms with Gasteiger partial charge in [-0.3, -0.25) is 23.9 Å². The molecule has 3 amide bonds. The van der Waals surface area contributed by atoms with E-state index in [-0.39, 0.29) is 47.5 Å². The molecule has 3 N–H and O–H groups in total. The van der Waals surface area contributed by atoms with Gasteiger partial charge in [0.2, 0.25) is 17.7 Å². The number of halogens is 1. The van der Waals surface area contributed by atoms with Crippen LogP contribution in [0.4, 0.5) is 5.69 Å². The third kappa shape index (κ3) is 7.60. The van der Waals surface area contributed by atoms with Crippen LogP contribution >= 0.6 is 11.6 Å². The maximum absolute atomic E-state index is 14.0. The normalized spacial score (nSPS) is 30.7. The fourth-order valence-corrected chi connectivity index (χ4v) is 7.46. The zero-order chi connectivity index (χ0) is 30.8. The molecule has 0 unspecified atom stereocenters. The van der Waals surface area contributed by atoms with Crippen molar-refractivity contribution in [2.24, 2.45) is 23.2 Å². The van der Waals surface area contributed by atoms with E-state index in [1.54, 1.807) is 4.90 Å². The van der Waals surface area contributed by atoms with Crippen LogP contribution in [0.1, 0.15) is 77.6 Å². The van der Waals surface area contributed by atoms with Crippen molar-refractivity contribution in [1.29, 1.82) is 0 Å². The third-order valence-corrected chi connectivity index (χ3v) is 10.5. The second-order valence-corrected chi connectivity index (χ2v) is 14.4. The van der Waals surface area contributed by atoms with Gasteiger partial charge in [-0.15, -0.1) is 0 Å². The van der Waals surface area contributed by atoms with E-state index in [0.29, 0.717) is 30.8 Å². The summed E-state index contributed by atoms with van der Waals surface area (Å²) in [4.78, 5) is 55.8. The Labute approximate surface area is 258 Å². The molecular weight excluding hydrogens is 592 g/mol. The van der Waals surface area contributed by atoms with Crippen molar-refractivity contribution in [3.63, 3.8) is 0 Å². The van der Waals surface area contributed by atoms with Gasteiger partial charge in [0.25, 0.3) is 0 Å². The van der Waals surface area contributed by atoms with Crippen LogP contribution in [-0.4, -0.2) is 55.5 Å². The lowest BCUT2D eigenvalue weighted by atomic mass is 9.90. The summed E-state index contributed by atoms with van der Waals surface area (Å²) < 4.78 is 30.3. The number of allylic oxidation sites excluding steroid dienone is 2. The maximum atomic E-state index is 14.0. The van der Waals surface area contributed by atoms with Crippen LogP contribution in [-0.2, 0) is 29.4 Å². The predicted molar refractivity (Wildman–Crippen MR) is 163 cm³/mol. The molecule has 5 rings (SSSR count). The van der Waals surface area contributed by atoms with Gasteiger partial charge in [-0.05, 0) is 81.0 Å². The standard InChI is InChI=1S/C31H41ClN4O6S/c1-2-20-16-26-27(37)18-31(30(40)35-43(41,42)34-24-14-12-23(32)13-15-24)17-22(31)8-6-4-3-5-7-9-25(29(39)36(26)19-20)33-28(38)21-10-11-21/h6,8,12-15,20-22,25-26,34H,2-5,7,9-11,16-19H2,1H3,(H,33,38)(H,35,40)/b8-6-/t20-,22-,25+,26+,31-/m1/s1. The average Bonchev–Trinajstić information content (AvgIpc) is 3.88. The molecule has 12 heteroatoms. The Morgan fingerprint density at radius 2 is 1.81 bits per heavy atom. The van der Waals surface area contributed by atoms with Gasteiger partial charge in [-0.2, -0.15) is 8.42 Å². The number of hydrogen-bond acceptors (Lipinski definition) is 6. The Morgan fingerprint density at radius 3 is 2.51 bits per heavy atom. The molecule has 0 bridgehead atoms. The van der Waals surface area contributed by atoms with E-state index in [4.69, 9.17) is 11.6 Å². The molecule has 0 aromatic heterocycles. The van der Waals surface area contributed by atoms with Gasteiger partial charge in [0.1, 0.15) is 6.04 Å². The summed E-state index contributed by atoms with van der Waals surface area (Å²) in [7, 11) is -4.28. The van der Waals surface area contributed by atoms with Gasteiger partial charge in [-0.25, -0.2) is 4.72 Å². The van der Waals surface area contributed by atoms with Crippen molar-refractivity contribution in [3.05, 3.63) is 41.4 Å². The van der Waals surface area contributed by atoms with E-state index in [0.717, 1.165) is 44.9 Å². The van der Waals surface area contributed by atoms with Crippen molar-refractivity contribution in [2.75, 3.05) is 11.3 Å². The summed E-state index contributed by atoms with van der Waals surface area (Å²) in [5.74, 6) is -1.52. The zero-order valence-electron chi connectivity index (χ0n) is 24.5. The van der Waals surface area contributed by atoms with Gasteiger partial charge in [-0.1, -0.05) is 49.9 Å². The number of anilines is 1. The molecule has 3 fully saturated rings. The van der Waals surface area contributed by atoms with Crippen LogP contribution in [0, 0.1) is 23.2 Å². The Morgan fingerprint density at radius 1 is 1.07 bits per heavy atom. The maximum Gasteiger partial charge on any atom is 0.323 e. The van der Waals surface area contributed by atoms with Gasteiger partial charge in [0, 0.05) is 23.9 Å². The SMILES string of the molecule is CC[C@@H]1C[C@H]2C(=O)C[C@]3(C(=O)NS(=O)(=O)Nc4ccc(Cl)cc4)C[C@H]3/C=C\CCCCC[C@H](NC(=O)C3CC3)C(=O)N2C1. The van der Waals surface area contributed by atoms with Crippen LogP contribution in [0.3, 0.4) is 0 Å². The minimum absolute atomic E-state index is 0.0374. The second-order valence-electron chi connectivity index (χ2n) is 12.6. The van der Waals surface area contributed by atoms with Crippen LogP contribution in [0.15, 0.2) is 36.4 Å². The summed E-state index contributed by atoms with van der Waals surface area (Å²) in [5, 5.41) is 3.41. The van der Waals surface area contributed by atoms with Crippen LogP contribution in [0.5, 0.6) is 0 Å². The van der Waals surface area contributed by atoms with Crippen molar-refractivity contribution < 1.29 is 27.6 Å². The molecule has 2 aliphatic carbocycles. The number of Topliss-reactive ketones (excluding diaryl/α,β-unsaturated/α-hetero) is 1. The molecule has 2 saturated carbocycles. The number of rotatable bonds is 7. The number of amides is 3. The van der Waals surface area contributed by atoms with Crippen LogP contribution < -0.4 is 14.8 Å². The molecule has 1 saturated heterocycles. The minimum atomic E-state index is -4.28. The van der Waals surface area contributed by atoms with Gasteiger partial charge < -0.3 is 10.2 Å². The van der Waals surface area contributed by atoms with Gasteiger partial charge >= 0.3 is 10.2 Å². The first-order valence-corrected chi connectivity index (χ1v) is 17.3. The number of nitrogens with zero attached hydrogens (tertiary/aromatic N) is 1. The highest BCUT2D eigenvalue weighted by Gasteiger charge is 2.61. The highest BCUT2D eigenvalue weighted by molar-refractivity contribution is 7.91. The number of hydrogen-bond donors (Lipinski definition) is 3. The first kappa shape index (κ1) is 31.5. The number of benzene rings is 1. The van der Waals surface area contributed by atoms with Crippen LogP contribution in [0.2, 0.25) is 5.02 Å². The number of carbonyl (C=O) groups is 4. The molecular formula is C31H41ClN4O6S. The van der Waals surface area contributed by atoms with E-state index >= 15 is 0 Å². The highest BCUT2D eigenvalue weighted by atomic mass is 35.5. The van der Waals surface area contributed by atoms with E-state index in [2.05, 4.69) is 14.8 Å². The first-order valence-electron chi connectivity index (χ1n) is 15.4. The minimum Gasteiger partial charge on any atom is -0.344 e. The van der Waals surface area contributed by atoms with E-state index < -0.39 is 33.6 Å². The van der Waals surface area contributed by atoms with Crippen molar-refractivity contribution in [3.8, 4) is 0 Å². The number of carbonyl (C=O) groups excluding carboxylic acids is 4.